The fraction of sp³-hybridized carbons (Fsp3) is 0.929. The molecule has 6 heteroatoms. The maximum absolute atomic E-state index is 11.5. The summed E-state index contributed by atoms with van der Waals surface area (Å²) in [4.78, 5) is 11.5. The van der Waals surface area contributed by atoms with Crippen LogP contribution in [-0.4, -0.2) is 18.9 Å². The minimum Gasteiger partial charge on any atom is -0.325 e. The standard InChI is InChI=1S/C14H28O5S/c1-3-5-6-7-8-9-10-11-12-13(4-2)14(15)19-20(16,17)18/h13H,3-12H2,1-2H3,(H,16,17,18). The molecule has 0 aromatic heterocycles. The number of rotatable bonds is 12. The second-order valence-corrected chi connectivity index (χ2v) is 6.22. The summed E-state index contributed by atoms with van der Waals surface area (Å²) in [5, 5.41) is 0. The van der Waals surface area contributed by atoms with E-state index in [-0.39, 0.29) is 0 Å². The lowest BCUT2D eigenvalue weighted by Crippen LogP contribution is -2.20. The first-order valence-corrected chi connectivity index (χ1v) is 8.98. The van der Waals surface area contributed by atoms with Crippen LogP contribution >= 0.6 is 0 Å². The van der Waals surface area contributed by atoms with Crippen LogP contribution in [0.1, 0.15) is 78.1 Å². The molecule has 0 saturated heterocycles. The zero-order valence-electron chi connectivity index (χ0n) is 12.6. The van der Waals surface area contributed by atoms with Gasteiger partial charge in [-0.25, -0.2) is 0 Å². The molecule has 0 heterocycles. The van der Waals surface area contributed by atoms with E-state index in [2.05, 4.69) is 11.1 Å². The van der Waals surface area contributed by atoms with Gasteiger partial charge in [0.1, 0.15) is 0 Å². The van der Waals surface area contributed by atoms with Crippen LogP contribution in [0.4, 0.5) is 0 Å². The Morgan fingerprint density at radius 3 is 1.95 bits per heavy atom. The fourth-order valence-electron chi connectivity index (χ4n) is 2.19. The topological polar surface area (TPSA) is 80.7 Å². The molecule has 0 radical (unpaired) electrons. The molecule has 0 amide bonds. The molecule has 0 saturated carbocycles. The third kappa shape index (κ3) is 11.2. The minimum absolute atomic E-state index is 0.447. The Hall–Kier alpha value is -0.620. The van der Waals surface area contributed by atoms with E-state index in [4.69, 9.17) is 4.55 Å². The molecule has 1 atom stereocenters. The number of carbonyl (C=O) groups excluding carboxylic acids is 1. The van der Waals surface area contributed by atoms with Crippen molar-refractivity contribution < 1.29 is 21.9 Å². The van der Waals surface area contributed by atoms with Crippen LogP contribution < -0.4 is 0 Å². The molecule has 0 rings (SSSR count). The molecule has 5 nitrogen and oxygen atoms in total. The van der Waals surface area contributed by atoms with Crippen molar-refractivity contribution >= 4 is 16.4 Å². The van der Waals surface area contributed by atoms with Gasteiger partial charge in [0.15, 0.2) is 0 Å². The molecule has 0 aromatic carbocycles. The van der Waals surface area contributed by atoms with Gasteiger partial charge in [-0.3, -0.25) is 9.35 Å². The Balaban J connectivity index is 3.72. The van der Waals surface area contributed by atoms with E-state index in [1.165, 1.54) is 32.1 Å². The van der Waals surface area contributed by atoms with E-state index in [9.17, 15) is 13.2 Å². The van der Waals surface area contributed by atoms with E-state index < -0.39 is 22.3 Å². The molecule has 0 aromatic rings. The van der Waals surface area contributed by atoms with Gasteiger partial charge < -0.3 is 4.18 Å². The van der Waals surface area contributed by atoms with E-state index in [0.717, 1.165) is 19.3 Å². The van der Waals surface area contributed by atoms with Crippen molar-refractivity contribution in [2.45, 2.75) is 78.1 Å². The second-order valence-electron chi connectivity index (χ2n) is 5.20. The number of hydrogen-bond donors (Lipinski definition) is 1. The SMILES string of the molecule is CCCCCCCCCCC(CC)C(=O)OS(=O)(=O)O. The van der Waals surface area contributed by atoms with E-state index in [1.807, 2.05) is 0 Å². The normalized spacial score (nSPS) is 13.2. The lowest BCUT2D eigenvalue weighted by molar-refractivity contribution is -0.139. The van der Waals surface area contributed by atoms with Crippen molar-refractivity contribution in [1.29, 1.82) is 0 Å². The quantitative estimate of drug-likeness (QED) is 0.437. The average molecular weight is 308 g/mol. The summed E-state index contributed by atoms with van der Waals surface area (Å²) in [6.07, 6.45) is 10.5. The zero-order chi connectivity index (χ0) is 15.4. The Labute approximate surface area is 123 Å². The average Bonchev–Trinajstić information content (AvgIpc) is 2.35. The highest BCUT2D eigenvalue weighted by molar-refractivity contribution is 7.81. The molecule has 0 aliphatic rings. The Kier molecular flexibility index (Phi) is 10.7. The smallest absolute Gasteiger partial charge is 0.325 e. The highest BCUT2D eigenvalue weighted by Crippen LogP contribution is 2.17. The molecular formula is C14H28O5S. The fourth-order valence-corrected chi connectivity index (χ4v) is 2.53. The minimum atomic E-state index is -4.68. The number of hydrogen-bond acceptors (Lipinski definition) is 4. The van der Waals surface area contributed by atoms with Crippen molar-refractivity contribution in [1.82, 2.24) is 0 Å². The van der Waals surface area contributed by atoms with Crippen molar-refractivity contribution in [3.05, 3.63) is 0 Å². The molecule has 1 N–H and O–H groups in total. The van der Waals surface area contributed by atoms with Gasteiger partial charge in [0.25, 0.3) is 0 Å². The van der Waals surface area contributed by atoms with E-state index in [1.54, 1.807) is 6.92 Å². The van der Waals surface area contributed by atoms with E-state index >= 15 is 0 Å². The summed E-state index contributed by atoms with van der Waals surface area (Å²) in [5.74, 6) is -1.30. The summed E-state index contributed by atoms with van der Waals surface area (Å²) >= 11 is 0. The first-order chi connectivity index (χ1) is 9.40. The molecule has 0 aliphatic heterocycles. The Morgan fingerprint density at radius 1 is 1.00 bits per heavy atom. The number of unbranched alkanes of at least 4 members (excludes halogenated alkanes) is 7. The predicted octanol–water partition coefficient (Wildman–Crippen LogP) is 3.89. The van der Waals surface area contributed by atoms with Gasteiger partial charge in [0.05, 0.1) is 5.92 Å². The molecule has 0 spiro atoms. The van der Waals surface area contributed by atoms with E-state index in [0.29, 0.717) is 12.8 Å². The lowest BCUT2D eigenvalue weighted by atomic mass is 9.98. The molecule has 0 bridgehead atoms. The summed E-state index contributed by atoms with van der Waals surface area (Å²) in [6.45, 7) is 4.00. The number of carbonyl (C=O) groups is 1. The second kappa shape index (κ2) is 11.1. The van der Waals surface area contributed by atoms with Crippen molar-refractivity contribution in [3.8, 4) is 0 Å². The van der Waals surface area contributed by atoms with Crippen molar-refractivity contribution in [3.63, 3.8) is 0 Å². The van der Waals surface area contributed by atoms with Crippen molar-refractivity contribution in [2.75, 3.05) is 0 Å². The van der Waals surface area contributed by atoms with Crippen LogP contribution in [0.25, 0.3) is 0 Å². The molecule has 0 fully saturated rings. The van der Waals surface area contributed by atoms with Crippen LogP contribution in [0.5, 0.6) is 0 Å². The molecule has 120 valence electrons. The lowest BCUT2D eigenvalue weighted by Gasteiger charge is -2.11. The van der Waals surface area contributed by atoms with Gasteiger partial charge >= 0.3 is 16.4 Å². The molecular weight excluding hydrogens is 280 g/mol. The van der Waals surface area contributed by atoms with Gasteiger partial charge in [0.2, 0.25) is 0 Å². The van der Waals surface area contributed by atoms with Gasteiger partial charge in [0, 0.05) is 0 Å². The first-order valence-electron chi connectivity index (χ1n) is 7.61. The summed E-state index contributed by atoms with van der Waals surface area (Å²) in [6, 6.07) is 0. The predicted molar refractivity (Wildman–Crippen MR) is 78.6 cm³/mol. The highest BCUT2D eigenvalue weighted by atomic mass is 32.3. The zero-order valence-corrected chi connectivity index (χ0v) is 13.5. The van der Waals surface area contributed by atoms with Gasteiger partial charge in [-0.1, -0.05) is 65.2 Å². The summed E-state index contributed by atoms with van der Waals surface area (Å²) in [5.41, 5.74) is 0. The maximum Gasteiger partial charge on any atom is 0.448 e. The van der Waals surface area contributed by atoms with Gasteiger partial charge in [-0.2, -0.15) is 8.42 Å². The van der Waals surface area contributed by atoms with Gasteiger partial charge in [-0.15, -0.1) is 0 Å². The van der Waals surface area contributed by atoms with Gasteiger partial charge in [-0.05, 0) is 12.8 Å². The first kappa shape index (κ1) is 19.4. The molecule has 0 aliphatic carbocycles. The van der Waals surface area contributed by atoms with Crippen LogP contribution in [0.3, 0.4) is 0 Å². The Morgan fingerprint density at radius 2 is 1.50 bits per heavy atom. The third-order valence-electron chi connectivity index (χ3n) is 3.42. The summed E-state index contributed by atoms with van der Waals surface area (Å²) < 4.78 is 33.4. The molecule has 20 heavy (non-hydrogen) atoms. The maximum atomic E-state index is 11.5. The van der Waals surface area contributed by atoms with Crippen LogP contribution in [0, 0.1) is 5.92 Å². The molecule has 1 unspecified atom stereocenters. The van der Waals surface area contributed by atoms with Crippen LogP contribution in [-0.2, 0) is 19.4 Å². The monoisotopic (exact) mass is 308 g/mol. The van der Waals surface area contributed by atoms with Crippen LogP contribution in [0.15, 0.2) is 0 Å². The highest BCUT2D eigenvalue weighted by Gasteiger charge is 2.22. The summed E-state index contributed by atoms with van der Waals surface area (Å²) in [7, 11) is -4.68. The third-order valence-corrected chi connectivity index (χ3v) is 3.79. The largest absolute Gasteiger partial charge is 0.448 e. The van der Waals surface area contributed by atoms with Crippen LogP contribution in [0.2, 0.25) is 0 Å². The van der Waals surface area contributed by atoms with Crippen molar-refractivity contribution in [2.24, 2.45) is 5.92 Å². The Bertz CT molecular complexity index is 351.